The van der Waals surface area contributed by atoms with Crippen LogP contribution in [0.25, 0.3) is 0 Å². The molecule has 0 amide bonds. The number of fused-ring (bicyclic) bond motifs is 2. The molecule has 0 aromatic heterocycles. The minimum absolute atomic E-state index is 0. The molecule has 0 spiro atoms. The number of rotatable bonds is 4. The average Bonchev–Trinajstić information content (AvgIpc) is 2.77. The molecule has 0 atom stereocenters. The van der Waals surface area contributed by atoms with Crippen LogP contribution in [0.15, 0.2) is 84.9 Å². The first-order valence-corrected chi connectivity index (χ1v) is 10.5. The molecule has 0 radical (unpaired) electrons. The Morgan fingerprint density at radius 2 is 0.939 bits per heavy atom. The van der Waals surface area contributed by atoms with Crippen LogP contribution in [0.5, 0.6) is 0 Å². The lowest BCUT2D eigenvalue weighted by Gasteiger charge is -2.23. The van der Waals surface area contributed by atoms with Crippen molar-refractivity contribution < 1.29 is 9.59 Å². The highest BCUT2D eigenvalue weighted by Crippen LogP contribution is 2.37. The van der Waals surface area contributed by atoms with Crippen molar-refractivity contribution in [1.29, 1.82) is 0 Å². The fraction of sp³-hybridized carbons (Fsp3) is 0.103. The largest absolute Gasteiger partial charge is 0.355 e. The summed E-state index contributed by atoms with van der Waals surface area (Å²) in [5.74, 6) is -0.309. The van der Waals surface area contributed by atoms with Gasteiger partial charge in [-0.15, -0.1) is 0 Å². The zero-order valence-electron chi connectivity index (χ0n) is 17.9. The van der Waals surface area contributed by atoms with Crippen molar-refractivity contribution in [2.75, 3.05) is 10.6 Å². The minimum atomic E-state index is -0.154. The van der Waals surface area contributed by atoms with E-state index in [2.05, 4.69) is 10.6 Å². The topological polar surface area (TPSA) is 58.2 Å². The van der Waals surface area contributed by atoms with Gasteiger partial charge in [-0.1, -0.05) is 56.0 Å². The van der Waals surface area contributed by atoms with Crippen molar-refractivity contribution in [2.45, 2.75) is 21.3 Å². The fourth-order valence-corrected chi connectivity index (χ4v) is 4.21. The summed E-state index contributed by atoms with van der Waals surface area (Å²) in [6.07, 6.45) is 0. The zero-order chi connectivity index (χ0) is 22.2. The Hall–Kier alpha value is -4.18. The van der Waals surface area contributed by atoms with Crippen molar-refractivity contribution in [2.24, 2.45) is 0 Å². The molecule has 33 heavy (non-hydrogen) atoms. The molecule has 0 aliphatic heterocycles. The first kappa shape index (κ1) is 22.0. The number of anilines is 4. The third kappa shape index (κ3) is 4.03. The van der Waals surface area contributed by atoms with Gasteiger partial charge in [-0.3, -0.25) is 9.59 Å². The summed E-state index contributed by atoms with van der Waals surface area (Å²) in [7, 11) is 0. The van der Waals surface area contributed by atoms with Gasteiger partial charge in [0.05, 0.1) is 22.5 Å². The molecule has 4 nitrogen and oxygen atoms in total. The number of carbonyl (C=O) groups is 2. The first-order chi connectivity index (χ1) is 15.5. The Morgan fingerprint density at radius 3 is 1.33 bits per heavy atom. The van der Waals surface area contributed by atoms with E-state index in [1.54, 1.807) is 12.1 Å². The number of ketones is 2. The molecular formula is C29H26N2O2. The summed E-state index contributed by atoms with van der Waals surface area (Å²) in [5, 5.41) is 6.65. The Morgan fingerprint density at radius 1 is 0.545 bits per heavy atom. The van der Waals surface area contributed by atoms with Crippen molar-refractivity contribution in [3.63, 3.8) is 0 Å². The van der Waals surface area contributed by atoms with Gasteiger partial charge < -0.3 is 10.6 Å². The van der Waals surface area contributed by atoms with Gasteiger partial charge in [0, 0.05) is 22.5 Å². The molecule has 4 aromatic rings. The lowest BCUT2D eigenvalue weighted by atomic mass is 9.82. The summed E-state index contributed by atoms with van der Waals surface area (Å²) in [4.78, 5) is 27.1. The molecule has 5 rings (SSSR count). The summed E-state index contributed by atoms with van der Waals surface area (Å²) < 4.78 is 0. The molecule has 1 aliphatic rings. The quantitative estimate of drug-likeness (QED) is 0.314. The Balaban J connectivity index is 0.00000259. The van der Waals surface area contributed by atoms with E-state index in [0.29, 0.717) is 33.6 Å². The van der Waals surface area contributed by atoms with Gasteiger partial charge >= 0.3 is 0 Å². The summed E-state index contributed by atoms with van der Waals surface area (Å²) >= 11 is 0. The fourth-order valence-electron chi connectivity index (χ4n) is 4.21. The smallest absolute Gasteiger partial charge is 0.196 e. The van der Waals surface area contributed by atoms with Crippen LogP contribution in [-0.2, 0) is 0 Å². The summed E-state index contributed by atoms with van der Waals surface area (Å²) in [6.45, 7) is 4.03. The minimum Gasteiger partial charge on any atom is -0.355 e. The van der Waals surface area contributed by atoms with Gasteiger partial charge in [0.15, 0.2) is 11.6 Å². The van der Waals surface area contributed by atoms with Gasteiger partial charge in [0.25, 0.3) is 0 Å². The standard InChI is InChI=1S/C28H22N2O2.CH4/c1-17-7-3-9-19(15-17)29-23-13-5-11-21-25(23)27(31)22-12-6-14-24(26(22)28(21)32)30-20-10-4-8-18(2)16-20;/h3-16,29-30H,1-2H3;1H4. The second kappa shape index (κ2) is 8.75. The van der Waals surface area contributed by atoms with Crippen LogP contribution in [0.4, 0.5) is 22.7 Å². The average molecular weight is 435 g/mol. The lowest BCUT2D eigenvalue weighted by Crippen LogP contribution is -2.23. The van der Waals surface area contributed by atoms with Crippen LogP contribution in [0.2, 0.25) is 0 Å². The van der Waals surface area contributed by atoms with E-state index in [9.17, 15) is 9.59 Å². The normalized spacial score (nSPS) is 11.8. The molecule has 2 N–H and O–H groups in total. The predicted molar refractivity (Wildman–Crippen MR) is 135 cm³/mol. The number of carbonyl (C=O) groups excluding carboxylic acids is 2. The summed E-state index contributed by atoms with van der Waals surface area (Å²) in [5.41, 5.74) is 6.90. The lowest BCUT2D eigenvalue weighted by molar-refractivity contribution is 0.0980. The number of aryl methyl sites for hydroxylation is 2. The number of hydrogen-bond acceptors (Lipinski definition) is 4. The van der Waals surface area contributed by atoms with Crippen LogP contribution in [-0.4, -0.2) is 11.6 Å². The maximum Gasteiger partial charge on any atom is 0.196 e. The van der Waals surface area contributed by atoms with Crippen molar-refractivity contribution in [1.82, 2.24) is 0 Å². The molecule has 0 heterocycles. The van der Waals surface area contributed by atoms with Gasteiger partial charge in [0.2, 0.25) is 0 Å². The number of hydrogen-bond donors (Lipinski definition) is 2. The molecule has 0 saturated heterocycles. The molecule has 0 fully saturated rings. The molecular weight excluding hydrogens is 408 g/mol. The molecule has 0 bridgehead atoms. The summed E-state index contributed by atoms with van der Waals surface area (Å²) in [6, 6.07) is 26.6. The van der Waals surface area contributed by atoms with E-state index in [0.717, 1.165) is 22.5 Å². The highest BCUT2D eigenvalue weighted by atomic mass is 16.1. The number of benzene rings is 4. The van der Waals surface area contributed by atoms with Gasteiger partial charge in [-0.2, -0.15) is 0 Å². The van der Waals surface area contributed by atoms with Crippen molar-refractivity contribution >= 4 is 34.3 Å². The maximum atomic E-state index is 13.6. The SMILES string of the molecule is C.Cc1cccc(Nc2cccc3c2C(=O)c2cccc(Nc4cccc(C)c4)c2C3=O)c1. The van der Waals surface area contributed by atoms with E-state index in [-0.39, 0.29) is 19.0 Å². The van der Waals surface area contributed by atoms with Crippen LogP contribution >= 0.6 is 0 Å². The predicted octanol–water partition coefficient (Wildman–Crippen LogP) is 7.20. The molecule has 0 saturated carbocycles. The molecule has 4 heteroatoms. The molecule has 1 aliphatic carbocycles. The van der Waals surface area contributed by atoms with Crippen LogP contribution in [0, 0.1) is 13.8 Å². The van der Waals surface area contributed by atoms with E-state index in [1.165, 1.54) is 0 Å². The monoisotopic (exact) mass is 434 g/mol. The van der Waals surface area contributed by atoms with E-state index in [4.69, 9.17) is 0 Å². The Labute approximate surface area is 194 Å². The van der Waals surface area contributed by atoms with Gasteiger partial charge in [-0.05, 0) is 61.4 Å². The van der Waals surface area contributed by atoms with Crippen LogP contribution in [0.3, 0.4) is 0 Å². The zero-order valence-corrected chi connectivity index (χ0v) is 17.9. The van der Waals surface area contributed by atoms with Crippen molar-refractivity contribution in [3.05, 3.63) is 118 Å². The first-order valence-electron chi connectivity index (χ1n) is 10.5. The second-order valence-electron chi connectivity index (χ2n) is 8.10. The Kier molecular flexibility index (Phi) is 5.84. The molecule has 164 valence electrons. The van der Waals surface area contributed by atoms with Gasteiger partial charge in [-0.25, -0.2) is 0 Å². The highest BCUT2D eigenvalue weighted by Gasteiger charge is 2.33. The molecule has 4 aromatic carbocycles. The highest BCUT2D eigenvalue weighted by molar-refractivity contribution is 6.32. The van der Waals surface area contributed by atoms with E-state index in [1.807, 2.05) is 86.6 Å². The second-order valence-corrected chi connectivity index (χ2v) is 8.10. The van der Waals surface area contributed by atoms with E-state index >= 15 is 0 Å². The number of nitrogens with one attached hydrogen (secondary N) is 2. The van der Waals surface area contributed by atoms with Gasteiger partial charge in [0.1, 0.15) is 0 Å². The third-order valence-corrected chi connectivity index (χ3v) is 5.67. The van der Waals surface area contributed by atoms with E-state index < -0.39 is 0 Å². The maximum absolute atomic E-state index is 13.6. The van der Waals surface area contributed by atoms with Crippen LogP contribution in [0.1, 0.15) is 50.4 Å². The third-order valence-electron chi connectivity index (χ3n) is 5.67. The Bertz CT molecular complexity index is 1280. The molecule has 0 unspecified atom stereocenters. The van der Waals surface area contributed by atoms with Crippen LogP contribution < -0.4 is 10.6 Å². The van der Waals surface area contributed by atoms with Crippen molar-refractivity contribution in [3.8, 4) is 0 Å².